The zero-order chi connectivity index (χ0) is 14.8. The van der Waals surface area contributed by atoms with Gasteiger partial charge in [0, 0.05) is 11.6 Å². The third-order valence-electron chi connectivity index (χ3n) is 6.54. The van der Waals surface area contributed by atoms with Gasteiger partial charge in [-0.3, -0.25) is 5.10 Å². The molecule has 0 bridgehead atoms. The van der Waals surface area contributed by atoms with Crippen LogP contribution in [0.5, 0.6) is 5.75 Å². The molecule has 0 aliphatic heterocycles. The number of fused-ring (bicyclic) bond motifs is 7. The second-order valence-corrected chi connectivity index (χ2v) is 7.46. The summed E-state index contributed by atoms with van der Waals surface area (Å²) in [6, 6.07) is 6.04. The molecular weight excluding hydrogens is 272 g/mol. The number of benzene rings is 1. The molecule has 22 heavy (non-hydrogen) atoms. The molecule has 0 saturated heterocycles. The molecule has 5 rings (SSSR count). The maximum absolute atomic E-state index is 9.74. The highest BCUT2D eigenvalue weighted by atomic mass is 16.3. The van der Waals surface area contributed by atoms with Crippen LogP contribution in [0.2, 0.25) is 0 Å². The van der Waals surface area contributed by atoms with Crippen LogP contribution in [0.4, 0.5) is 0 Å². The van der Waals surface area contributed by atoms with Gasteiger partial charge in [0.2, 0.25) is 0 Å². The Hall–Kier alpha value is -1.77. The molecule has 4 unspecified atom stereocenters. The van der Waals surface area contributed by atoms with Crippen molar-refractivity contribution in [1.82, 2.24) is 10.2 Å². The van der Waals surface area contributed by atoms with E-state index in [0.29, 0.717) is 17.6 Å². The van der Waals surface area contributed by atoms with Crippen molar-refractivity contribution < 1.29 is 5.11 Å². The third-order valence-corrected chi connectivity index (χ3v) is 6.54. The van der Waals surface area contributed by atoms with Crippen LogP contribution in [0, 0.1) is 18.8 Å². The monoisotopic (exact) mass is 294 g/mol. The van der Waals surface area contributed by atoms with Crippen LogP contribution >= 0.6 is 0 Å². The normalized spacial score (nSPS) is 32.0. The molecule has 1 heterocycles. The van der Waals surface area contributed by atoms with E-state index in [9.17, 15) is 5.11 Å². The first-order valence-electron chi connectivity index (χ1n) is 8.58. The van der Waals surface area contributed by atoms with Gasteiger partial charge in [0.15, 0.2) is 0 Å². The van der Waals surface area contributed by atoms with Crippen LogP contribution in [0.1, 0.15) is 59.2 Å². The molecule has 0 amide bonds. The van der Waals surface area contributed by atoms with Crippen molar-refractivity contribution in [1.29, 1.82) is 0 Å². The number of aryl methyl sites for hydroxylation is 2. The molecule has 0 radical (unpaired) electrons. The van der Waals surface area contributed by atoms with Crippen molar-refractivity contribution in [2.45, 2.75) is 50.9 Å². The highest BCUT2D eigenvalue weighted by Crippen LogP contribution is 2.57. The number of nitrogens with zero attached hydrogens (tertiary/aromatic N) is 1. The van der Waals surface area contributed by atoms with Gasteiger partial charge in [-0.05, 0) is 85.6 Å². The summed E-state index contributed by atoms with van der Waals surface area (Å²) in [6.07, 6.45) is 6.15. The first-order chi connectivity index (χ1) is 10.7. The number of hydrogen-bond acceptors (Lipinski definition) is 2. The zero-order valence-corrected chi connectivity index (χ0v) is 13.0. The molecule has 4 atom stereocenters. The maximum Gasteiger partial charge on any atom is 0.115 e. The first-order valence-corrected chi connectivity index (χ1v) is 8.58. The van der Waals surface area contributed by atoms with E-state index in [0.717, 1.165) is 18.3 Å². The molecule has 3 aliphatic carbocycles. The molecule has 2 aromatic rings. The van der Waals surface area contributed by atoms with Gasteiger partial charge >= 0.3 is 0 Å². The Bertz CT molecular complexity index is 748. The number of aromatic nitrogens is 2. The van der Waals surface area contributed by atoms with Gasteiger partial charge in [0.1, 0.15) is 5.75 Å². The molecule has 114 valence electrons. The van der Waals surface area contributed by atoms with Crippen molar-refractivity contribution in [2.75, 3.05) is 0 Å². The van der Waals surface area contributed by atoms with Crippen molar-refractivity contribution >= 4 is 0 Å². The predicted octanol–water partition coefficient (Wildman–Crippen LogP) is 3.82. The van der Waals surface area contributed by atoms with Crippen molar-refractivity contribution in [3.05, 3.63) is 46.3 Å². The summed E-state index contributed by atoms with van der Waals surface area (Å²) >= 11 is 0. The molecule has 1 aromatic heterocycles. The third kappa shape index (κ3) is 1.60. The van der Waals surface area contributed by atoms with E-state index in [4.69, 9.17) is 0 Å². The topological polar surface area (TPSA) is 48.9 Å². The lowest BCUT2D eigenvalue weighted by atomic mass is 9.60. The average molecular weight is 294 g/mol. The second kappa shape index (κ2) is 4.37. The second-order valence-electron chi connectivity index (χ2n) is 7.46. The fraction of sp³-hybridized carbons (Fsp3) is 0.526. The van der Waals surface area contributed by atoms with E-state index in [-0.39, 0.29) is 0 Å². The predicted molar refractivity (Wildman–Crippen MR) is 85.2 cm³/mol. The van der Waals surface area contributed by atoms with Crippen LogP contribution in [0.15, 0.2) is 18.2 Å². The number of aromatic amines is 1. The van der Waals surface area contributed by atoms with Crippen LogP contribution < -0.4 is 0 Å². The summed E-state index contributed by atoms with van der Waals surface area (Å²) in [5.41, 5.74) is 7.05. The lowest BCUT2D eigenvalue weighted by Crippen LogP contribution is -2.34. The largest absolute Gasteiger partial charge is 0.508 e. The van der Waals surface area contributed by atoms with Crippen LogP contribution in [-0.4, -0.2) is 15.3 Å². The number of phenols is 1. The Balaban J connectivity index is 1.52. The molecule has 2 N–H and O–H groups in total. The van der Waals surface area contributed by atoms with E-state index in [1.54, 1.807) is 0 Å². The van der Waals surface area contributed by atoms with Crippen molar-refractivity contribution in [3.63, 3.8) is 0 Å². The molecule has 0 spiro atoms. The number of aromatic hydroxyl groups is 1. The van der Waals surface area contributed by atoms with Gasteiger partial charge in [0.25, 0.3) is 0 Å². The minimum Gasteiger partial charge on any atom is -0.508 e. The summed E-state index contributed by atoms with van der Waals surface area (Å²) < 4.78 is 0. The lowest BCUT2D eigenvalue weighted by Gasteiger charge is -2.44. The number of H-pyrrole nitrogens is 1. The number of nitrogens with one attached hydrogen (secondary N) is 1. The highest BCUT2D eigenvalue weighted by Gasteiger charge is 2.47. The van der Waals surface area contributed by atoms with E-state index in [2.05, 4.69) is 23.2 Å². The van der Waals surface area contributed by atoms with E-state index >= 15 is 0 Å². The minimum absolute atomic E-state index is 0.419. The zero-order valence-electron chi connectivity index (χ0n) is 13.0. The summed E-state index contributed by atoms with van der Waals surface area (Å²) in [4.78, 5) is 0. The Morgan fingerprint density at radius 2 is 2.00 bits per heavy atom. The maximum atomic E-state index is 9.74. The summed E-state index contributed by atoms with van der Waals surface area (Å²) in [5, 5.41) is 17.5. The van der Waals surface area contributed by atoms with Crippen LogP contribution in [0.3, 0.4) is 0 Å². The van der Waals surface area contributed by atoms with Gasteiger partial charge < -0.3 is 5.11 Å². The highest BCUT2D eigenvalue weighted by molar-refractivity contribution is 5.42. The summed E-state index contributed by atoms with van der Waals surface area (Å²) in [5.74, 6) is 3.37. The molecule has 3 aliphatic rings. The SMILES string of the molecule is Cc1[nH]nc2c1CC1C2CCC2c3ccc(O)cc3CCC21. The van der Waals surface area contributed by atoms with E-state index in [1.807, 2.05) is 12.1 Å². The molecule has 3 nitrogen and oxygen atoms in total. The van der Waals surface area contributed by atoms with Crippen LogP contribution in [-0.2, 0) is 12.8 Å². The Morgan fingerprint density at radius 1 is 1.14 bits per heavy atom. The molecular formula is C19H22N2O. The smallest absolute Gasteiger partial charge is 0.115 e. The van der Waals surface area contributed by atoms with Crippen molar-refractivity contribution in [3.8, 4) is 5.75 Å². The Morgan fingerprint density at radius 3 is 2.91 bits per heavy atom. The average Bonchev–Trinajstić information content (AvgIpc) is 3.06. The fourth-order valence-corrected chi connectivity index (χ4v) is 5.58. The van der Waals surface area contributed by atoms with E-state index < -0.39 is 0 Å². The Labute approximate surface area is 130 Å². The minimum atomic E-state index is 0.419. The summed E-state index contributed by atoms with van der Waals surface area (Å²) in [6.45, 7) is 2.17. The standard InChI is InChI=1S/C19H22N2O/c1-10-17-9-18-15-4-2-11-8-12(22)3-5-13(11)14(15)6-7-16(18)19(17)21-20-10/h3,5,8,14-16,18,22H,2,4,6-7,9H2,1H3,(H,20,21). The van der Waals surface area contributed by atoms with Gasteiger partial charge in [-0.25, -0.2) is 0 Å². The Kier molecular flexibility index (Phi) is 2.53. The van der Waals surface area contributed by atoms with Crippen LogP contribution in [0.25, 0.3) is 0 Å². The van der Waals surface area contributed by atoms with E-state index in [1.165, 1.54) is 53.8 Å². The molecule has 1 aromatic carbocycles. The molecule has 1 fully saturated rings. The van der Waals surface area contributed by atoms with Gasteiger partial charge in [-0.2, -0.15) is 5.10 Å². The molecule has 3 heteroatoms. The summed E-state index contributed by atoms with van der Waals surface area (Å²) in [7, 11) is 0. The number of rotatable bonds is 0. The lowest BCUT2D eigenvalue weighted by molar-refractivity contribution is 0.163. The van der Waals surface area contributed by atoms with Gasteiger partial charge in [-0.15, -0.1) is 0 Å². The fourth-order valence-electron chi connectivity index (χ4n) is 5.58. The molecule has 1 saturated carbocycles. The van der Waals surface area contributed by atoms with Gasteiger partial charge in [-0.1, -0.05) is 6.07 Å². The van der Waals surface area contributed by atoms with Gasteiger partial charge in [0.05, 0.1) is 5.69 Å². The number of phenolic OH excluding ortho intramolecular Hbond substituents is 1. The first kappa shape index (κ1) is 12.7. The quantitative estimate of drug-likeness (QED) is 0.776. The number of hydrogen-bond donors (Lipinski definition) is 2. The van der Waals surface area contributed by atoms with Crippen molar-refractivity contribution in [2.24, 2.45) is 11.8 Å².